The largest absolute Gasteiger partial charge is 0.416 e. The summed E-state index contributed by atoms with van der Waals surface area (Å²) in [7, 11) is 0. The molecule has 0 aromatic heterocycles. The van der Waals surface area contributed by atoms with Crippen LogP contribution in [0.1, 0.15) is 29.9 Å². The van der Waals surface area contributed by atoms with Crippen LogP contribution < -0.4 is 5.32 Å². The number of nitrogens with one attached hydrogen (secondary N) is 1. The Kier molecular flexibility index (Phi) is 2.46. The molecule has 98 valence electrons. The van der Waals surface area contributed by atoms with E-state index in [0.29, 0.717) is 6.07 Å². The quantitative estimate of drug-likeness (QED) is 0.763. The van der Waals surface area contributed by atoms with E-state index in [-0.39, 0.29) is 16.9 Å². The van der Waals surface area contributed by atoms with Crippen molar-refractivity contribution in [1.29, 1.82) is 0 Å². The highest BCUT2D eigenvalue weighted by Crippen LogP contribution is 2.63. The summed E-state index contributed by atoms with van der Waals surface area (Å²) in [5.74, 6) is -0.907. The van der Waals surface area contributed by atoms with Crippen molar-refractivity contribution < 1.29 is 17.6 Å². The van der Waals surface area contributed by atoms with Crippen LogP contribution in [0.2, 0.25) is 0 Å². The van der Waals surface area contributed by atoms with Crippen LogP contribution in [0.25, 0.3) is 0 Å². The highest BCUT2D eigenvalue weighted by molar-refractivity contribution is 5.40. The molecule has 2 aliphatic rings. The van der Waals surface area contributed by atoms with Crippen LogP contribution in [0, 0.1) is 11.2 Å². The summed E-state index contributed by atoms with van der Waals surface area (Å²) in [6.45, 7) is 1.63. The van der Waals surface area contributed by atoms with Gasteiger partial charge in [-0.05, 0) is 48.4 Å². The average molecular weight is 259 g/mol. The lowest BCUT2D eigenvalue weighted by Crippen LogP contribution is -2.13. The molecule has 1 aromatic rings. The third-order valence-electron chi connectivity index (χ3n) is 4.16. The van der Waals surface area contributed by atoms with Crippen LogP contribution in [0.5, 0.6) is 0 Å². The minimum atomic E-state index is -4.48. The molecular weight excluding hydrogens is 246 g/mol. The van der Waals surface area contributed by atoms with Crippen LogP contribution in [0.3, 0.4) is 0 Å². The SMILES string of the molecule is Fc1ccc(C2C[C@]23CCNC3)c(C(F)(F)F)c1. The third-order valence-corrected chi connectivity index (χ3v) is 4.16. The molecule has 1 saturated carbocycles. The van der Waals surface area contributed by atoms with Gasteiger partial charge in [-0.15, -0.1) is 0 Å². The summed E-state index contributed by atoms with van der Waals surface area (Å²) in [6, 6.07) is 3.04. The Morgan fingerprint density at radius 2 is 2.06 bits per heavy atom. The van der Waals surface area contributed by atoms with Crippen molar-refractivity contribution in [2.75, 3.05) is 13.1 Å². The lowest BCUT2D eigenvalue weighted by atomic mass is 9.94. The van der Waals surface area contributed by atoms with Crippen molar-refractivity contribution in [1.82, 2.24) is 5.32 Å². The van der Waals surface area contributed by atoms with Gasteiger partial charge in [-0.1, -0.05) is 6.07 Å². The van der Waals surface area contributed by atoms with Gasteiger partial charge in [0.05, 0.1) is 5.56 Å². The van der Waals surface area contributed by atoms with Crippen LogP contribution in [0.4, 0.5) is 17.6 Å². The predicted molar refractivity (Wildman–Crippen MR) is 58.7 cm³/mol. The molecule has 1 saturated heterocycles. The first kappa shape index (κ1) is 12.0. The first-order valence-electron chi connectivity index (χ1n) is 6.00. The van der Waals surface area contributed by atoms with Crippen molar-refractivity contribution >= 4 is 0 Å². The van der Waals surface area contributed by atoms with Gasteiger partial charge in [-0.2, -0.15) is 13.2 Å². The second kappa shape index (κ2) is 3.70. The van der Waals surface area contributed by atoms with Crippen LogP contribution in [0.15, 0.2) is 18.2 Å². The Morgan fingerprint density at radius 1 is 1.28 bits per heavy atom. The van der Waals surface area contributed by atoms with E-state index in [1.165, 1.54) is 6.07 Å². The Labute approximate surface area is 102 Å². The fourth-order valence-corrected chi connectivity index (χ4v) is 3.10. The maximum absolute atomic E-state index is 13.0. The van der Waals surface area contributed by atoms with E-state index in [4.69, 9.17) is 0 Å². The molecule has 2 fully saturated rings. The van der Waals surface area contributed by atoms with Gasteiger partial charge in [0.15, 0.2) is 0 Å². The third kappa shape index (κ3) is 1.81. The molecule has 0 bridgehead atoms. The van der Waals surface area contributed by atoms with Gasteiger partial charge in [0.1, 0.15) is 5.82 Å². The van der Waals surface area contributed by atoms with Gasteiger partial charge >= 0.3 is 6.18 Å². The fourth-order valence-electron chi connectivity index (χ4n) is 3.10. The van der Waals surface area contributed by atoms with Gasteiger partial charge in [0, 0.05) is 6.54 Å². The zero-order valence-electron chi connectivity index (χ0n) is 9.65. The second-order valence-corrected chi connectivity index (χ2v) is 5.28. The maximum atomic E-state index is 13.0. The zero-order valence-corrected chi connectivity index (χ0v) is 9.65. The first-order valence-corrected chi connectivity index (χ1v) is 6.00. The van der Waals surface area contributed by atoms with Gasteiger partial charge in [-0.3, -0.25) is 0 Å². The summed E-state index contributed by atoms with van der Waals surface area (Å²) in [6.07, 6.45) is -2.80. The minimum absolute atomic E-state index is 0.0160. The average Bonchev–Trinajstić information content (AvgIpc) is 2.76. The number of benzene rings is 1. The lowest BCUT2D eigenvalue weighted by molar-refractivity contribution is -0.138. The molecule has 0 amide bonds. The summed E-state index contributed by atoms with van der Waals surface area (Å²) in [5, 5.41) is 3.19. The molecule has 3 rings (SSSR count). The normalized spacial score (nSPS) is 31.0. The van der Waals surface area contributed by atoms with Gasteiger partial charge in [-0.25, -0.2) is 4.39 Å². The Morgan fingerprint density at radius 3 is 2.67 bits per heavy atom. The molecule has 0 radical (unpaired) electrons. The van der Waals surface area contributed by atoms with Gasteiger partial charge in [0.25, 0.3) is 0 Å². The number of halogens is 4. The summed E-state index contributed by atoms with van der Waals surface area (Å²) in [5.41, 5.74) is -0.568. The van der Waals surface area contributed by atoms with E-state index >= 15 is 0 Å². The van der Waals surface area contributed by atoms with E-state index in [2.05, 4.69) is 5.32 Å². The van der Waals surface area contributed by atoms with E-state index < -0.39 is 17.6 Å². The maximum Gasteiger partial charge on any atom is 0.416 e. The summed E-state index contributed by atoms with van der Waals surface area (Å²) >= 11 is 0. The number of rotatable bonds is 1. The van der Waals surface area contributed by atoms with Crippen molar-refractivity contribution in [2.24, 2.45) is 5.41 Å². The Bertz CT molecular complexity index is 474. The summed E-state index contributed by atoms with van der Waals surface area (Å²) < 4.78 is 51.7. The van der Waals surface area contributed by atoms with E-state index in [1.54, 1.807) is 0 Å². The Hall–Kier alpha value is -1.10. The molecule has 1 nitrogen and oxygen atoms in total. The lowest BCUT2D eigenvalue weighted by Gasteiger charge is -2.15. The standard InChI is InChI=1S/C13H13F4N/c14-8-1-2-9(10(5-8)13(15,16)17)11-6-12(11)3-4-18-7-12/h1-2,5,11,18H,3-4,6-7H2/t11?,12-/m0/s1. The molecule has 1 heterocycles. The predicted octanol–water partition coefficient (Wildman–Crippen LogP) is 3.31. The highest BCUT2D eigenvalue weighted by atomic mass is 19.4. The van der Waals surface area contributed by atoms with Crippen LogP contribution in [-0.2, 0) is 6.18 Å². The molecule has 1 unspecified atom stereocenters. The molecule has 2 atom stereocenters. The monoisotopic (exact) mass is 259 g/mol. The topological polar surface area (TPSA) is 12.0 Å². The Balaban J connectivity index is 1.98. The molecule has 1 aliphatic heterocycles. The first-order chi connectivity index (χ1) is 8.42. The fraction of sp³-hybridized carbons (Fsp3) is 0.538. The van der Waals surface area contributed by atoms with Crippen molar-refractivity contribution in [2.45, 2.75) is 24.9 Å². The number of hydrogen-bond acceptors (Lipinski definition) is 1. The van der Waals surface area contributed by atoms with Crippen LogP contribution >= 0.6 is 0 Å². The molecule has 5 heteroatoms. The smallest absolute Gasteiger partial charge is 0.316 e. The molecule has 18 heavy (non-hydrogen) atoms. The van der Waals surface area contributed by atoms with Gasteiger partial charge in [0.2, 0.25) is 0 Å². The second-order valence-electron chi connectivity index (χ2n) is 5.28. The number of alkyl halides is 3. The highest BCUT2D eigenvalue weighted by Gasteiger charge is 2.57. The molecular formula is C13H13F4N. The van der Waals surface area contributed by atoms with E-state index in [0.717, 1.165) is 32.0 Å². The van der Waals surface area contributed by atoms with E-state index in [9.17, 15) is 17.6 Å². The number of hydrogen-bond donors (Lipinski definition) is 1. The van der Waals surface area contributed by atoms with Crippen molar-refractivity contribution in [3.8, 4) is 0 Å². The summed E-state index contributed by atoms with van der Waals surface area (Å²) in [4.78, 5) is 0. The molecule has 1 spiro atoms. The van der Waals surface area contributed by atoms with Gasteiger partial charge < -0.3 is 5.32 Å². The molecule has 1 aliphatic carbocycles. The van der Waals surface area contributed by atoms with E-state index in [1.807, 2.05) is 0 Å². The van der Waals surface area contributed by atoms with Crippen molar-refractivity contribution in [3.63, 3.8) is 0 Å². The molecule has 1 N–H and O–H groups in total. The zero-order chi connectivity index (χ0) is 13.0. The van der Waals surface area contributed by atoms with Crippen LogP contribution in [-0.4, -0.2) is 13.1 Å². The van der Waals surface area contributed by atoms with Crippen molar-refractivity contribution in [3.05, 3.63) is 35.1 Å². The molecule has 1 aromatic carbocycles. The minimum Gasteiger partial charge on any atom is -0.316 e.